The fourth-order valence-electron chi connectivity index (χ4n) is 8.22. The number of hydrogen-bond acceptors (Lipinski definition) is 10. The zero-order valence-electron chi connectivity index (χ0n) is 20.3. The van der Waals surface area contributed by atoms with Crippen LogP contribution in [0, 0.1) is 34.5 Å². The minimum Gasteiger partial charge on any atom is -0.456 e. The number of hydrogen-bond donors (Lipinski definition) is 4. The van der Waals surface area contributed by atoms with E-state index in [9.17, 15) is 34.8 Å². The van der Waals surface area contributed by atoms with Gasteiger partial charge < -0.3 is 34.6 Å². The van der Waals surface area contributed by atoms with Crippen LogP contribution in [-0.4, -0.2) is 81.1 Å². The molecule has 3 aliphatic carbocycles. The van der Waals surface area contributed by atoms with Gasteiger partial charge in [0, 0.05) is 34.2 Å². The van der Waals surface area contributed by atoms with Gasteiger partial charge in [-0.25, -0.2) is 9.59 Å². The van der Waals surface area contributed by atoms with Crippen LogP contribution in [-0.2, 0) is 28.6 Å². The Labute approximate surface area is 202 Å². The standard InChI is InChI=1S/C25H32O10/c1-6-9(2)20(30)34-16-13-10(3)7-12(26)18(29)23(13,5)22-24-8-33-25(22,32)17(28)11(4)14(24)15(27)21(31)35-19(16)24/h6-7,11,13-19,22,27-29,32H,8H2,1-5H3/b9-6-/t11-,13-,14-,15-,16-,17-,18-,19-,22-,23-,24-,25+/m1/s1. The highest BCUT2D eigenvalue weighted by molar-refractivity contribution is 5.96. The van der Waals surface area contributed by atoms with Crippen molar-refractivity contribution in [2.24, 2.45) is 34.5 Å². The summed E-state index contributed by atoms with van der Waals surface area (Å²) in [6, 6.07) is 0. The third kappa shape index (κ3) is 2.69. The third-order valence-corrected chi connectivity index (χ3v) is 9.60. The Bertz CT molecular complexity index is 1060. The van der Waals surface area contributed by atoms with Gasteiger partial charge in [-0.05, 0) is 32.8 Å². The van der Waals surface area contributed by atoms with Crippen LogP contribution in [0.3, 0.4) is 0 Å². The predicted octanol–water partition coefficient (Wildman–Crippen LogP) is -0.375. The molecule has 2 saturated carbocycles. The molecule has 2 heterocycles. The molecule has 192 valence electrons. The highest BCUT2D eigenvalue weighted by Crippen LogP contribution is 2.73. The number of fused-ring (bicyclic) bond motifs is 1. The SMILES string of the molecule is C/C=C(/C)C(=O)O[C@@H]1[C@H]2C(C)=CC(=O)[C@@H](O)[C@]2(C)[C@H]2[C@@]3(O)OC[C@]24[C@H]([C@@H](C)[C@H]3O)[C@@H](O)C(=O)O[C@H]14. The topological polar surface area (TPSA) is 160 Å². The first-order valence-electron chi connectivity index (χ1n) is 11.9. The fraction of sp³-hybridized carbons (Fsp3) is 0.720. The number of aliphatic hydroxyl groups excluding tert-OH is 3. The van der Waals surface area contributed by atoms with Crippen LogP contribution in [0.5, 0.6) is 0 Å². The Hall–Kier alpha value is -2.11. The van der Waals surface area contributed by atoms with E-state index in [1.165, 1.54) is 6.08 Å². The Morgan fingerprint density at radius 2 is 1.91 bits per heavy atom. The molecule has 12 atom stereocenters. The summed E-state index contributed by atoms with van der Waals surface area (Å²) in [7, 11) is 0. The lowest BCUT2D eigenvalue weighted by atomic mass is 9.37. The van der Waals surface area contributed by atoms with E-state index in [0.717, 1.165) is 0 Å². The van der Waals surface area contributed by atoms with E-state index in [4.69, 9.17) is 14.2 Å². The molecule has 0 aromatic heterocycles. The number of carbonyl (C=O) groups excluding carboxylic acids is 3. The van der Waals surface area contributed by atoms with Gasteiger partial charge in [0.05, 0.1) is 6.61 Å². The smallest absolute Gasteiger partial charge is 0.335 e. The van der Waals surface area contributed by atoms with Crippen LogP contribution in [0.15, 0.2) is 23.3 Å². The van der Waals surface area contributed by atoms with E-state index in [0.29, 0.717) is 11.1 Å². The van der Waals surface area contributed by atoms with E-state index in [1.807, 2.05) is 0 Å². The molecule has 0 unspecified atom stereocenters. The highest BCUT2D eigenvalue weighted by Gasteiger charge is 2.85. The van der Waals surface area contributed by atoms with E-state index < -0.39 is 88.5 Å². The lowest BCUT2D eigenvalue weighted by molar-refractivity contribution is -0.352. The number of rotatable bonds is 2. The number of allylic oxidation sites excluding steroid dienone is 1. The van der Waals surface area contributed by atoms with Gasteiger partial charge in [0.25, 0.3) is 0 Å². The average molecular weight is 493 g/mol. The number of ether oxygens (including phenoxy) is 3. The van der Waals surface area contributed by atoms with Crippen LogP contribution < -0.4 is 0 Å². The summed E-state index contributed by atoms with van der Waals surface area (Å²) in [5.74, 6) is -8.13. The normalized spacial score (nSPS) is 52.8. The van der Waals surface area contributed by atoms with Crippen LogP contribution >= 0.6 is 0 Å². The van der Waals surface area contributed by atoms with E-state index in [2.05, 4.69) is 0 Å². The zero-order valence-corrected chi connectivity index (χ0v) is 20.3. The van der Waals surface area contributed by atoms with Crippen molar-refractivity contribution in [1.82, 2.24) is 0 Å². The van der Waals surface area contributed by atoms with Crippen molar-refractivity contribution in [3.63, 3.8) is 0 Å². The lowest BCUT2D eigenvalue weighted by Crippen LogP contribution is -2.81. The molecule has 2 aliphatic heterocycles. The molecule has 2 bridgehead atoms. The van der Waals surface area contributed by atoms with Gasteiger partial charge in [0.15, 0.2) is 17.7 Å². The number of carbonyl (C=O) groups is 3. The zero-order chi connectivity index (χ0) is 25.8. The Morgan fingerprint density at radius 3 is 2.54 bits per heavy atom. The summed E-state index contributed by atoms with van der Waals surface area (Å²) >= 11 is 0. The van der Waals surface area contributed by atoms with Crippen molar-refractivity contribution in [1.29, 1.82) is 0 Å². The second kappa shape index (κ2) is 7.45. The van der Waals surface area contributed by atoms with E-state index >= 15 is 0 Å². The summed E-state index contributed by atoms with van der Waals surface area (Å²) in [6.07, 6.45) is -4.27. The van der Waals surface area contributed by atoms with Crippen molar-refractivity contribution in [2.75, 3.05) is 6.61 Å². The van der Waals surface area contributed by atoms with Crippen molar-refractivity contribution < 1.29 is 49.0 Å². The summed E-state index contributed by atoms with van der Waals surface area (Å²) in [5, 5.41) is 45.3. The minimum atomic E-state index is -2.20. The van der Waals surface area contributed by atoms with Crippen LogP contribution in [0.4, 0.5) is 0 Å². The van der Waals surface area contributed by atoms with Crippen molar-refractivity contribution in [3.8, 4) is 0 Å². The van der Waals surface area contributed by atoms with Gasteiger partial charge in [-0.2, -0.15) is 0 Å². The average Bonchev–Trinajstić information content (AvgIpc) is 3.09. The van der Waals surface area contributed by atoms with Crippen LogP contribution in [0.1, 0.15) is 34.6 Å². The second-order valence-corrected chi connectivity index (χ2v) is 11.1. The molecule has 4 fully saturated rings. The molecular formula is C25H32O10. The second-order valence-electron chi connectivity index (χ2n) is 11.1. The molecule has 0 aromatic carbocycles. The highest BCUT2D eigenvalue weighted by atomic mass is 16.7. The maximum absolute atomic E-state index is 13.0. The maximum Gasteiger partial charge on any atom is 0.335 e. The monoisotopic (exact) mass is 492 g/mol. The Kier molecular flexibility index (Phi) is 5.23. The summed E-state index contributed by atoms with van der Waals surface area (Å²) < 4.78 is 17.6. The molecule has 1 spiro atoms. The fourth-order valence-corrected chi connectivity index (χ4v) is 8.22. The van der Waals surface area contributed by atoms with Gasteiger partial charge in [-0.15, -0.1) is 0 Å². The Morgan fingerprint density at radius 1 is 1.26 bits per heavy atom. The van der Waals surface area contributed by atoms with Crippen molar-refractivity contribution in [2.45, 2.75) is 70.9 Å². The minimum absolute atomic E-state index is 0.238. The van der Waals surface area contributed by atoms with Gasteiger partial charge >= 0.3 is 11.9 Å². The van der Waals surface area contributed by atoms with E-state index in [1.54, 1.807) is 40.7 Å². The van der Waals surface area contributed by atoms with Crippen LogP contribution in [0.25, 0.3) is 0 Å². The Balaban J connectivity index is 1.81. The largest absolute Gasteiger partial charge is 0.456 e. The lowest BCUT2D eigenvalue weighted by Gasteiger charge is -2.69. The molecule has 5 rings (SSSR count). The molecule has 0 aromatic rings. The first-order chi connectivity index (χ1) is 16.3. The van der Waals surface area contributed by atoms with Crippen LogP contribution in [0.2, 0.25) is 0 Å². The maximum atomic E-state index is 13.0. The molecule has 0 amide bonds. The predicted molar refractivity (Wildman–Crippen MR) is 117 cm³/mol. The van der Waals surface area contributed by atoms with Crippen molar-refractivity contribution >= 4 is 17.7 Å². The quantitative estimate of drug-likeness (QED) is 0.296. The molecular weight excluding hydrogens is 460 g/mol. The molecule has 10 heteroatoms. The molecule has 2 saturated heterocycles. The van der Waals surface area contributed by atoms with Gasteiger partial charge in [0.2, 0.25) is 0 Å². The van der Waals surface area contributed by atoms with Gasteiger partial charge in [-0.1, -0.05) is 25.5 Å². The summed E-state index contributed by atoms with van der Waals surface area (Å²) in [5.41, 5.74) is -2.05. The molecule has 10 nitrogen and oxygen atoms in total. The van der Waals surface area contributed by atoms with Gasteiger partial charge in [0.1, 0.15) is 24.4 Å². The summed E-state index contributed by atoms with van der Waals surface area (Å²) in [4.78, 5) is 38.8. The molecule has 0 radical (unpaired) electrons. The summed E-state index contributed by atoms with van der Waals surface area (Å²) in [6.45, 7) is 7.86. The molecule has 4 N–H and O–H groups in total. The first-order valence-corrected chi connectivity index (χ1v) is 11.9. The van der Waals surface area contributed by atoms with E-state index in [-0.39, 0.29) is 6.61 Å². The number of aliphatic hydroxyl groups is 4. The molecule has 35 heavy (non-hydrogen) atoms. The first kappa shape index (κ1) is 24.6. The number of ketones is 1. The van der Waals surface area contributed by atoms with Crippen molar-refractivity contribution in [3.05, 3.63) is 23.3 Å². The third-order valence-electron chi connectivity index (χ3n) is 9.60. The number of esters is 2. The molecule has 5 aliphatic rings. The van der Waals surface area contributed by atoms with Gasteiger partial charge in [-0.3, -0.25) is 4.79 Å².